The van der Waals surface area contributed by atoms with Crippen LogP contribution in [0, 0.1) is 11.3 Å². The lowest BCUT2D eigenvalue weighted by molar-refractivity contribution is 0.477. The number of rotatable bonds is 1. The molecule has 17 heavy (non-hydrogen) atoms. The number of phenols is 1. The second-order valence-electron chi connectivity index (χ2n) is 3.36. The summed E-state index contributed by atoms with van der Waals surface area (Å²) in [6.45, 7) is 0. The van der Waals surface area contributed by atoms with Gasteiger partial charge in [-0.05, 0) is 18.2 Å². The van der Waals surface area contributed by atoms with Crippen molar-refractivity contribution in [3.63, 3.8) is 0 Å². The zero-order chi connectivity index (χ0) is 12.4. The lowest BCUT2D eigenvalue weighted by atomic mass is 10.1. The van der Waals surface area contributed by atoms with Gasteiger partial charge in [0.1, 0.15) is 5.75 Å². The molecular weight excluding hydrogens is 220 g/mol. The smallest absolute Gasteiger partial charge is 0.252 e. The van der Waals surface area contributed by atoms with Crippen LogP contribution < -0.4 is 11.3 Å². The molecule has 1 heterocycles. The quantitative estimate of drug-likeness (QED) is 0.660. The number of aromatic amines is 1. The van der Waals surface area contributed by atoms with E-state index in [0.717, 1.165) is 0 Å². The van der Waals surface area contributed by atoms with Gasteiger partial charge < -0.3 is 10.8 Å². The predicted octanol–water partition coefficient (Wildman–Crippen LogP) is 0.596. The fraction of sp³-hybridized carbons (Fsp3) is 0. The van der Waals surface area contributed by atoms with Gasteiger partial charge >= 0.3 is 0 Å². The van der Waals surface area contributed by atoms with Crippen molar-refractivity contribution in [1.29, 1.82) is 5.26 Å². The van der Waals surface area contributed by atoms with Gasteiger partial charge in [0.15, 0.2) is 0 Å². The Morgan fingerprint density at radius 1 is 1.41 bits per heavy atom. The molecular formula is C11H8N4O2. The van der Waals surface area contributed by atoms with E-state index >= 15 is 0 Å². The normalized spacial score (nSPS) is 9.82. The van der Waals surface area contributed by atoms with E-state index < -0.39 is 5.56 Å². The van der Waals surface area contributed by atoms with Gasteiger partial charge in [-0.3, -0.25) is 9.78 Å². The maximum Gasteiger partial charge on any atom is 0.252 e. The number of aromatic nitrogens is 2. The Morgan fingerprint density at radius 3 is 2.82 bits per heavy atom. The van der Waals surface area contributed by atoms with E-state index in [-0.39, 0.29) is 17.4 Å². The van der Waals surface area contributed by atoms with Crippen molar-refractivity contribution >= 4 is 5.95 Å². The van der Waals surface area contributed by atoms with Gasteiger partial charge in [-0.2, -0.15) is 5.26 Å². The summed E-state index contributed by atoms with van der Waals surface area (Å²) in [5.74, 6) is -0.115. The van der Waals surface area contributed by atoms with E-state index in [0.29, 0.717) is 11.1 Å². The number of hydrogen-bond acceptors (Lipinski definition) is 5. The van der Waals surface area contributed by atoms with E-state index in [1.54, 1.807) is 0 Å². The molecule has 0 amide bonds. The van der Waals surface area contributed by atoms with Crippen molar-refractivity contribution in [1.82, 2.24) is 9.97 Å². The summed E-state index contributed by atoms with van der Waals surface area (Å²) < 4.78 is 0. The fourth-order valence-electron chi connectivity index (χ4n) is 1.43. The number of H-pyrrole nitrogens is 1. The highest BCUT2D eigenvalue weighted by molar-refractivity contribution is 5.68. The van der Waals surface area contributed by atoms with Gasteiger partial charge in [0.2, 0.25) is 5.95 Å². The van der Waals surface area contributed by atoms with Gasteiger partial charge in [0.05, 0.1) is 17.3 Å². The Morgan fingerprint density at radius 2 is 2.18 bits per heavy atom. The van der Waals surface area contributed by atoms with Crippen LogP contribution in [0.1, 0.15) is 5.56 Å². The molecule has 0 bridgehead atoms. The second-order valence-corrected chi connectivity index (χ2v) is 3.36. The van der Waals surface area contributed by atoms with Gasteiger partial charge in [0.25, 0.3) is 5.56 Å². The number of nitriles is 1. The molecule has 0 saturated carbocycles. The first kappa shape index (κ1) is 10.7. The summed E-state index contributed by atoms with van der Waals surface area (Å²) in [6.07, 6.45) is 0. The van der Waals surface area contributed by atoms with Crippen molar-refractivity contribution < 1.29 is 5.11 Å². The molecule has 0 aliphatic carbocycles. The monoisotopic (exact) mass is 228 g/mol. The minimum absolute atomic E-state index is 0.0470. The lowest BCUT2D eigenvalue weighted by Crippen LogP contribution is -2.10. The van der Waals surface area contributed by atoms with E-state index in [9.17, 15) is 9.90 Å². The van der Waals surface area contributed by atoms with Crippen LogP contribution in [0.25, 0.3) is 11.3 Å². The summed E-state index contributed by atoms with van der Waals surface area (Å²) in [4.78, 5) is 17.4. The molecule has 0 radical (unpaired) electrons. The van der Waals surface area contributed by atoms with Gasteiger partial charge in [-0.1, -0.05) is 0 Å². The van der Waals surface area contributed by atoms with Crippen LogP contribution in [-0.2, 0) is 0 Å². The largest absolute Gasteiger partial charge is 0.507 e. The Bertz CT molecular complexity index is 670. The maximum absolute atomic E-state index is 11.2. The molecule has 6 nitrogen and oxygen atoms in total. The molecule has 1 aromatic carbocycles. The number of nitrogens with zero attached hydrogens (tertiary/aromatic N) is 2. The van der Waals surface area contributed by atoms with Crippen LogP contribution >= 0.6 is 0 Å². The number of nitrogen functional groups attached to an aromatic ring is 1. The standard InChI is InChI=1S/C11H8N4O2/c12-5-6-1-2-9(16)7(3-6)8-4-10(17)15-11(13)14-8/h1-4,16H,(H3,13,14,15,17). The number of anilines is 1. The first-order chi connectivity index (χ1) is 8.10. The molecule has 2 aromatic rings. The van der Waals surface area contributed by atoms with Crippen molar-refractivity contribution in [2.45, 2.75) is 0 Å². The molecule has 0 saturated heterocycles. The highest BCUT2D eigenvalue weighted by Crippen LogP contribution is 2.27. The Balaban J connectivity index is 2.68. The van der Waals surface area contributed by atoms with E-state index in [1.165, 1.54) is 24.3 Å². The topological polar surface area (TPSA) is 116 Å². The van der Waals surface area contributed by atoms with E-state index in [4.69, 9.17) is 11.0 Å². The molecule has 4 N–H and O–H groups in total. The molecule has 84 valence electrons. The number of hydrogen-bond donors (Lipinski definition) is 3. The zero-order valence-corrected chi connectivity index (χ0v) is 8.64. The van der Waals surface area contributed by atoms with Gasteiger partial charge in [0, 0.05) is 11.6 Å². The molecule has 0 fully saturated rings. The molecule has 1 aromatic heterocycles. The fourth-order valence-corrected chi connectivity index (χ4v) is 1.43. The zero-order valence-electron chi connectivity index (χ0n) is 8.64. The number of nitrogens with one attached hydrogen (secondary N) is 1. The highest BCUT2D eigenvalue weighted by Gasteiger charge is 2.08. The maximum atomic E-state index is 11.2. The van der Waals surface area contributed by atoms with Gasteiger partial charge in [-0.15, -0.1) is 0 Å². The predicted molar refractivity (Wildman–Crippen MR) is 61.1 cm³/mol. The van der Waals surface area contributed by atoms with Crippen LogP contribution in [0.5, 0.6) is 5.75 Å². The second kappa shape index (κ2) is 3.98. The summed E-state index contributed by atoms with van der Waals surface area (Å²) in [5, 5.41) is 18.4. The average Bonchev–Trinajstić information content (AvgIpc) is 2.28. The van der Waals surface area contributed by atoms with Crippen LogP contribution in [0.15, 0.2) is 29.1 Å². The van der Waals surface area contributed by atoms with Crippen molar-refractivity contribution in [3.8, 4) is 23.1 Å². The molecule has 2 rings (SSSR count). The van der Waals surface area contributed by atoms with Crippen molar-refractivity contribution in [2.75, 3.05) is 5.73 Å². The average molecular weight is 228 g/mol. The Labute approximate surface area is 96.0 Å². The van der Waals surface area contributed by atoms with Crippen molar-refractivity contribution in [2.24, 2.45) is 0 Å². The lowest BCUT2D eigenvalue weighted by Gasteiger charge is -2.04. The Hall–Kier alpha value is -2.81. The number of nitrogens with two attached hydrogens (primary N) is 1. The summed E-state index contributed by atoms with van der Waals surface area (Å²) in [5.41, 5.74) is 5.86. The molecule has 0 spiro atoms. The third kappa shape index (κ3) is 2.08. The molecule has 0 atom stereocenters. The molecule has 6 heteroatoms. The summed E-state index contributed by atoms with van der Waals surface area (Å²) in [7, 11) is 0. The van der Waals surface area contributed by atoms with Gasteiger partial charge in [-0.25, -0.2) is 4.98 Å². The molecule has 0 aliphatic rings. The Kier molecular flexibility index (Phi) is 2.51. The number of phenolic OH excluding ortho intramolecular Hbond substituents is 1. The van der Waals surface area contributed by atoms with Crippen LogP contribution in [-0.4, -0.2) is 15.1 Å². The van der Waals surface area contributed by atoms with Crippen molar-refractivity contribution in [3.05, 3.63) is 40.2 Å². The molecule has 0 unspecified atom stereocenters. The summed E-state index contributed by atoms with van der Waals surface area (Å²) >= 11 is 0. The number of aromatic hydroxyl groups is 1. The third-order valence-electron chi connectivity index (χ3n) is 2.16. The van der Waals surface area contributed by atoms with E-state index in [1.807, 2.05) is 6.07 Å². The summed E-state index contributed by atoms with van der Waals surface area (Å²) in [6, 6.07) is 7.42. The third-order valence-corrected chi connectivity index (χ3v) is 2.16. The SMILES string of the molecule is N#Cc1ccc(O)c(-c2cc(=O)[nH]c(N)n2)c1. The first-order valence-corrected chi connectivity index (χ1v) is 4.70. The molecule has 0 aliphatic heterocycles. The van der Waals surface area contributed by atoms with Crippen LogP contribution in [0.4, 0.5) is 5.95 Å². The first-order valence-electron chi connectivity index (χ1n) is 4.70. The number of benzene rings is 1. The van der Waals surface area contributed by atoms with Crippen LogP contribution in [0.2, 0.25) is 0 Å². The minimum atomic E-state index is -0.422. The van der Waals surface area contributed by atoms with Crippen LogP contribution in [0.3, 0.4) is 0 Å². The minimum Gasteiger partial charge on any atom is -0.507 e. The highest BCUT2D eigenvalue weighted by atomic mass is 16.3. The van der Waals surface area contributed by atoms with E-state index in [2.05, 4.69) is 9.97 Å².